The molecule has 1 fully saturated rings. The second-order valence-corrected chi connectivity index (χ2v) is 7.31. The van der Waals surface area contributed by atoms with E-state index in [9.17, 15) is 4.79 Å². The van der Waals surface area contributed by atoms with E-state index in [1.807, 2.05) is 19.1 Å². The van der Waals surface area contributed by atoms with Crippen LogP contribution in [0.4, 0.5) is 5.69 Å². The standard InChI is InChI=1S/C22H38N4O3/c1-4-18-29-20-8-6-19(7-9-20)25-14-12-23-10-11-24-13-15-26(17-16-25)21(5-2)22(27)28-3/h6-9,21,23-24H,4-5,10-18H2,1-3H3. The fraction of sp³-hybridized carbons (Fsp3) is 0.682. The van der Waals surface area contributed by atoms with E-state index < -0.39 is 0 Å². The number of anilines is 1. The summed E-state index contributed by atoms with van der Waals surface area (Å²) in [5.41, 5.74) is 1.18. The highest BCUT2D eigenvalue weighted by Gasteiger charge is 2.25. The number of hydrogen-bond donors (Lipinski definition) is 2. The highest BCUT2D eigenvalue weighted by Crippen LogP contribution is 2.20. The minimum atomic E-state index is -0.200. The first-order chi connectivity index (χ1) is 14.2. The minimum Gasteiger partial charge on any atom is -0.494 e. The number of ether oxygens (including phenoxy) is 2. The molecule has 2 N–H and O–H groups in total. The molecule has 1 aromatic rings. The maximum atomic E-state index is 12.3. The molecule has 0 radical (unpaired) electrons. The SMILES string of the molecule is CCCOc1ccc(N2CCNCCNCCN(C(CC)C(=O)OC)CC2)cc1. The van der Waals surface area contributed by atoms with E-state index in [0.29, 0.717) is 0 Å². The number of rotatable bonds is 7. The molecule has 29 heavy (non-hydrogen) atoms. The zero-order valence-corrected chi connectivity index (χ0v) is 18.3. The van der Waals surface area contributed by atoms with Crippen molar-refractivity contribution in [2.45, 2.75) is 32.7 Å². The van der Waals surface area contributed by atoms with Crippen molar-refractivity contribution in [3.63, 3.8) is 0 Å². The third-order valence-electron chi connectivity index (χ3n) is 5.25. The number of carbonyl (C=O) groups excluding carboxylic acids is 1. The highest BCUT2D eigenvalue weighted by atomic mass is 16.5. The van der Waals surface area contributed by atoms with E-state index in [4.69, 9.17) is 9.47 Å². The summed E-state index contributed by atoms with van der Waals surface area (Å²) in [6, 6.07) is 8.13. The number of benzene rings is 1. The Balaban J connectivity index is 2.10. The summed E-state index contributed by atoms with van der Waals surface area (Å²) in [7, 11) is 1.47. The van der Waals surface area contributed by atoms with Crippen molar-refractivity contribution < 1.29 is 14.3 Å². The summed E-state index contributed by atoms with van der Waals surface area (Å²) < 4.78 is 10.8. The first-order valence-electron chi connectivity index (χ1n) is 10.9. The number of carbonyl (C=O) groups is 1. The van der Waals surface area contributed by atoms with Gasteiger partial charge in [-0.25, -0.2) is 0 Å². The van der Waals surface area contributed by atoms with Crippen molar-refractivity contribution in [3.05, 3.63) is 24.3 Å². The Morgan fingerprint density at radius 2 is 1.69 bits per heavy atom. The lowest BCUT2D eigenvalue weighted by atomic mass is 10.2. The first-order valence-corrected chi connectivity index (χ1v) is 10.9. The summed E-state index contributed by atoms with van der Waals surface area (Å²) in [5, 5.41) is 6.95. The number of nitrogens with one attached hydrogen (secondary N) is 2. The van der Waals surface area contributed by atoms with Gasteiger partial charge in [0.1, 0.15) is 11.8 Å². The third-order valence-corrected chi connectivity index (χ3v) is 5.25. The Morgan fingerprint density at radius 1 is 1.00 bits per heavy atom. The maximum absolute atomic E-state index is 12.3. The van der Waals surface area contributed by atoms with Gasteiger partial charge in [-0.05, 0) is 37.1 Å². The van der Waals surface area contributed by atoms with Gasteiger partial charge in [-0.15, -0.1) is 0 Å². The maximum Gasteiger partial charge on any atom is 0.323 e. The Labute approximate surface area is 175 Å². The van der Waals surface area contributed by atoms with Gasteiger partial charge in [-0.3, -0.25) is 9.69 Å². The average molecular weight is 407 g/mol. The summed E-state index contributed by atoms with van der Waals surface area (Å²) in [6.45, 7) is 11.9. The second-order valence-electron chi connectivity index (χ2n) is 7.31. The van der Waals surface area contributed by atoms with Gasteiger partial charge in [-0.2, -0.15) is 0 Å². The highest BCUT2D eigenvalue weighted by molar-refractivity contribution is 5.75. The molecule has 0 saturated carbocycles. The molecular weight excluding hydrogens is 368 g/mol. The molecule has 0 amide bonds. The molecule has 1 aliphatic rings. The number of esters is 1. The topological polar surface area (TPSA) is 66.1 Å². The molecule has 1 aromatic carbocycles. The van der Waals surface area contributed by atoms with E-state index >= 15 is 0 Å². The van der Waals surface area contributed by atoms with Crippen molar-refractivity contribution in [1.29, 1.82) is 0 Å². The Kier molecular flexibility index (Phi) is 10.8. The third kappa shape index (κ3) is 7.84. The molecule has 0 aliphatic carbocycles. The molecule has 1 unspecified atom stereocenters. The lowest BCUT2D eigenvalue weighted by Crippen LogP contribution is -2.49. The van der Waals surface area contributed by atoms with E-state index in [1.54, 1.807) is 0 Å². The predicted molar refractivity (Wildman–Crippen MR) is 118 cm³/mol. The molecule has 164 valence electrons. The van der Waals surface area contributed by atoms with Gasteiger partial charge in [0.15, 0.2) is 0 Å². The number of hydrogen-bond acceptors (Lipinski definition) is 7. The molecule has 2 rings (SSSR count). The van der Waals surface area contributed by atoms with Gasteiger partial charge >= 0.3 is 5.97 Å². The number of methoxy groups -OCH3 is 1. The Bertz CT molecular complexity index is 582. The van der Waals surface area contributed by atoms with Crippen LogP contribution in [0.5, 0.6) is 5.75 Å². The summed E-state index contributed by atoms with van der Waals surface area (Å²) in [5.74, 6) is 0.762. The van der Waals surface area contributed by atoms with Crippen LogP contribution in [0, 0.1) is 0 Å². The van der Waals surface area contributed by atoms with Crippen LogP contribution >= 0.6 is 0 Å². The van der Waals surface area contributed by atoms with E-state index in [2.05, 4.69) is 39.5 Å². The fourth-order valence-corrected chi connectivity index (χ4v) is 3.59. The van der Waals surface area contributed by atoms with Crippen molar-refractivity contribution >= 4 is 11.7 Å². The molecule has 1 saturated heterocycles. The van der Waals surface area contributed by atoms with Crippen molar-refractivity contribution in [2.24, 2.45) is 0 Å². The molecule has 0 bridgehead atoms. The summed E-state index contributed by atoms with van der Waals surface area (Å²) >= 11 is 0. The smallest absolute Gasteiger partial charge is 0.323 e. The summed E-state index contributed by atoms with van der Waals surface area (Å²) in [6.07, 6.45) is 1.75. The molecule has 1 heterocycles. The molecule has 7 nitrogen and oxygen atoms in total. The quantitative estimate of drug-likeness (QED) is 0.669. The van der Waals surface area contributed by atoms with E-state index in [1.165, 1.54) is 12.8 Å². The lowest BCUT2D eigenvalue weighted by Gasteiger charge is -2.33. The van der Waals surface area contributed by atoms with Crippen molar-refractivity contribution in [1.82, 2.24) is 15.5 Å². The van der Waals surface area contributed by atoms with Crippen LogP contribution in [0.25, 0.3) is 0 Å². The van der Waals surface area contributed by atoms with Crippen LogP contribution in [-0.4, -0.2) is 83.0 Å². The molecule has 1 atom stereocenters. The zero-order valence-electron chi connectivity index (χ0n) is 18.3. The molecule has 7 heteroatoms. The van der Waals surface area contributed by atoms with Gasteiger partial charge < -0.3 is 25.0 Å². The molecule has 0 aromatic heterocycles. The average Bonchev–Trinajstić information content (AvgIpc) is 2.74. The molecule has 1 aliphatic heterocycles. The van der Waals surface area contributed by atoms with Crippen molar-refractivity contribution in [3.8, 4) is 5.75 Å². The van der Waals surface area contributed by atoms with E-state index in [-0.39, 0.29) is 12.0 Å². The van der Waals surface area contributed by atoms with Gasteiger partial charge in [0, 0.05) is 58.0 Å². The van der Waals surface area contributed by atoms with E-state index in [0.717, 1.165) is 77.6 Å². The van der Waals surface area contributed by atoms with Crippen LogP contribution in [0.2, 0.25) is 0 Å². The van der Waals surface area contributed by atoms with Crippen LogP contribution in [0.3, 0.4) is 0 Å². The fourth-order valence-electron chi connectivity index (χ4n) is 3.59. The minimum absolute atomic E-state index is 0.148. The number of nitrogens with zero attached hydrogens (tertiary/aromatic N) is 2. The van der Waals surface area contributed by atoms with Crippen molar-refractivity contribution in [2.75, 3.05) is 71.0 Å². The van der Waals surface area contributed by atoms with Gasteiger partial charge in [-0.1, -0.05) is 13.8 Å². The first kappa shape index (κ1) is 23.4. The van der Waals surface area contributed by atoms with Gasteiger partial charge in [0.2, 0.25) is 0 Å². The summed E-state index contributed by atoms with van der Waals surface area (Å²) in [4.78, 5) is 16.9. The second kappa shape index (κ2) is 13.4. The largest absolute Gasteiger partial charge is 0.494 e. The van der Waals surface area contributed by atoms with Crippen LogP contribution in [0.1, 0.15) is 26.7 Å². The molecule has 0 spiro atoms. The zero-order chi connectivity index (χ0) is 20.9. The van der Waals surface area contributed by atoms with Gasteiger partial charge in [0.25, 0.3) is 0 Å². The normalized spacial score (nSPS) is 18.4. The Hall–Kier alpha value is -1.83. The predicted octanol–water partition coefficient (Wildman–Crippen LogP) is 1.73. The van der Waals surface area contributed by atoms with Crippen LogP contribution in [-0.2, 0) is 9.53 Å². The van der Waals surface area contributed by atoms with Crippen LogP contribution in [0.15, 0.2) is 24.3 Å². The monoisotopic (exact) mass is 406 g/mol. The van der Waals surface area contributed by atoms with Gasteiger partial charge in [0.05, 0.1) is 13.7 Å². The van der Waals surface area contributed by atoms with Crippen LogP contribution < -0.4 is 20.3 Å². The lowest BCUT2D eigenvalue weighted by molar-refractivity contribution is -0.147. The molecular formula is C22H38N4O3. The Morgan fingerprint density at radius 3 is 2.31 bits per heavy atom.